The van der Waals surface area contributed by atoms with Crippen LogP contribution in [0, 0.1) is 0 Å². The molecule has 0 atom stereocenters. The van der Waals surface area contributed by atoms with Crippen LogP contribution < -0.4 is 25.6 Å². The first-order chi connectivity index (χ1) is 34.2. The first-order valence-electron chi connectivity index (χ1n) is 25.0. The minimum atomic E-state index is -2.80. The lowest BCUT2D eigenvalue weighted by molar-refractivity contribution is 0.333. The minimum absolute atomic E-state index is 0.0551. The third-order valence-corrected chi connectivity index (χ3v) is 20.5. The normalized spacial score (nSPS) is 14.8. The van der Waals surface area contributed by atoms with Crippen molar-refractivity contribution in [1.82, 2.24) is 0 Å². The zero-order chi connectivity index (χ0) is 47.5. The molecule has 1 heterocycles. The quantitative estimate of drug-likeness (QED) is 0.130. The summed E-state index contributed by atoms with van der Waals surface area (Å²) in [5.41, 5.74) is 19.0. The number of fused-ring (bicyclic) bond motifs is 4. The summed E-state index contributed by atoms with van der Waals surface area (Å²) in [6, 6.07) is 93.4. The van der Waals surface area contributed by atoms with E-state index in [1.54, 1.807) is 0 Å². The van der Waals surface area contributed by atoms with Gasteiger partial charge in [-0.1, -0.05) is 240 Å². The monoisotopic (exact) mass is 915 g/mol. The molecule has 2 aliphatic rings. The van der Waals surface area contributed by atoms with Crippen molar-refractivity contribution in [3.63, 3.8) is 0 Å². The van der Waals surface area contributed by atoms with Gasteiger partial charge >= 0.3 is 0 Å². The molecule has 0 spiro atoms. The number of hydrogen-bond donors (Lipinski definition) is 0. The fraction of sp³-hybridized carbons (Fsp3) is 0.118. The summed E-state index contributed by atoms with van der Waals surface area (Å²) in [5.74, 6) is 0. The van der Waals surface area contributed by atoms with Gasteiger partial charge in [-0.15, -0.1) is 0 Å². The molecule has 0 aromatic heterocycles. The Morgan fingerprint density at radius 1 is 0.329 bits per heavy atom. The van der Waals surface area contributed by atoms with E-state index in [9.17, 15) is 0 Å². The van der Waals surface area contributed by atoms with E-state index >= 15 is 0 Å². The van der Waals surface area contributed by atoms with Crippen molar-refractivity contribution < 1.29 is 0 Å². The van der Waals surface area contributed by atoms with Gasteiger partial charge in [-0.05, 0) is 148 Å². The Morgan fingerprint density at radius 3 is 1.33 bits per heavy atom. The highest BCUT2D eigenvalue weighted by molar-refractivity contribution is 7.22. The first-order valence-corrected chi connectivity index (χ1v) is 27.0. The second-order valence-corrected chi connectivity index (χ2v) is 24.3. The summed E-state index contributed by atoms with van der Waals surface area (Å²) in [5, 5.41) is 5.71. The Balaban J connectivity index is 1.08. The van der Waals surface area contributed by atoms with E-state index < -0.39 is 8.07 Å². The van der Waals surface area contributed by atoms with Crippen LogP contribution in [0.25, 0.3) is 55.6 Å². The van der Waals surface area contributed by atoms with Crippen LogP contribution in [0.4, 0.5) is 17.1 Å². The lowest BCUT2D eigenvalue weighted by atomic mass is 9.61. The van der Waals surface area contributed by atoms with Gasteiger partial charge < -0.3 is 4.90 Å². The second kappa shape index (κ2) is 17.3. The number of hydrogen-bond acceptors (Lipinski definition) is 1. The summed E-state index contributed by atoms with van der Waals surface area (Å²) >= 11 is 0. The maximum atomic E-state index is 2.49. The van der Waals surface area contributed by atoms with E-state index in [0.29, 0.717) is 0 Å². The maximum Gasteiger partial charge on any atom is 0.181 e. The molecule has 1 aliphatic heterocycles. The summed E-state index contributed by atoms with van der Waals surface area (Å²) in [4.78, 5) is 2.49. The largest absolute Gasteiger partial charge is 0.310 e. The summed E-state index contributed by atoms with van der Waals surface area (Å²) < 4.78 is 0. The molecular weight excluding hydrogens is 859 g/mol. The standard InChI is InChI=1S/C68H57NSi/c1-67(2)43-44-68(3,4)65-59(38-22-41-63(65)67)50-26-19-29-53(46-50)69(52-28-18-25-49(45-52)58-36-15-14-35-57(58)48-23-8-5-9-24-48)54-30-20-27-51(47-54)60-39-21-40-62-61-37-16-17-42-64(61)70(66(60)62,55-31-10-6-11-32-55)56-33-12-7-13-34-56/h5-42,45-47H,43-44H2,1-4H3. The van der Waals surface area contributed by atoms with E-state index in [1.165, 1.54) is 93.9 Å². The predicted molar refractivity (Wildman–Crippen MR) is 301 cm³/mol. The van der Waals surface area contributed by atoms with E-state index in [-0.39, 0.29) is 10.8 Å². The molecule has 0 saturated heterocycles. The van der Waals surface area contributed by atoms with Crippen LogP contribution in [-0.2, 0) is 10.8 Å². The highest BCUT2D eigenvalue weighted by Crippen LogP contribution is 2.50. The zero-order valence-electron chi connectivity index (χ0n) is 40.5. The molecule has 10 aromatic carbocycles. The van der Waals surface area contributed by atoms with Crippen LogP contribution in [-0.4, -0.2) is 8.07 Å². The van der Waals surface area contributed by atoms with Crippen LogP contribution in [0.3, 0.4) is 0 Å². The molecule has 70 heavy (non-hydrogen) atoms. The summed E-state index contributed by atoms with van der Waals surface area (Å²) in [6.45, 7) is 9.73. The molecule has 0 fully saturated rings. The van der Waals surface area contributed by atoms with Gasteiger partial charge in [-0.3, -0.25) is 0 Å². The van der Waals surface area contributed by atoms with Crippen LogP contribution in [0.5, 0.6) is 0 Å². The molecule has 1 aliphatic carbocycles. The third kappa shape index (κ3) is 7.20. The van der Waals surface area contributed by atoms with E-state index in [2.05, 4.69) is 281 Å². The van der Waals surface area contributed by atoms with E-state index in [1.807, 2.05) is 0 Å². The molecule has 0 amide bonds. The van der Waals surface area contributed by atoms with Crippen LogP contribution in [0.2, 0.25) is 0 Å². The SMILES string of the molecule is CC1(C)CCC(C)(C)c2c(-c3cccc(N(c4cccc(-c5ccccc5-c5ccccc5)c4)c4cccc(-c5cccc6c5[Si](c5ccccc5)(c5ccccc5)c5ccccc5-6)c4)c3)cccc21. The molecule has 338 valence electrons. The molecular formula is C68H57NSi. The topological polar surface area (TPSA) is 3.24 Å². The van der Waals surface area contributed by atoms with Crippen LogP contribution >= 0.6 is 0 Å². The van der Waals surface area contributed by atoms with E-state index in [4.69, 9.17) is 0 Å². The molecule has 0 saturated carbocycles. The van der Waals surface area contributed by atoms with Crippen LogP contribution in [0.1, 0.15) is 51.7 Å². The smallest absolute Gasteiger partial charge is 0.181 e. The Hall–Kier alpha value is -7.78. The van der Waals surface area contributed by atoms with Crippen LogP contribution in [0.15, 0.2) is 249 Å². The van der Waals surface area contributed by atoms with Gasteiger partial charge in [0.25, 0.3) is 0 Å². The van der Waals surface area contributed by atoms with Crippen molar-refractivity contribution in [3.05, 3.63) is 260 Å². The Morgan fingerprint density at radius 2 is 0.729 bits per heavy atom. The average Bonchev–Trinajstić information content (AvgIpc) is 3.72. The fourth-order valence-electron chi connectivity index (χ4n) is 12.2. The predicted octanol–water partition coefficient (Wildman–Crippen LogP) is 15.5. The average molecular weight is 916 g/mol. The van der Waals surface area contributed by atoms with Crippen molar-refractivity contribution >= 4 is 45.9 Å². The lowest BCUT2D eigenvalue weighted by Crippen LogP contribution is -2.73. The van der Waals surface area contributed by atoms with Gasteiger partial charge in [0.1, 0.15) is 0 Å². The highest BCUT2D eigenvalue weighted by Gasteiger charge is 2.50. The molecule has 0 radical (unpaired) electrons. The highest BCUT2D eigenvalue weighted by atomic mass is 28.3. The van der Waals surface area contributed by atoms with E-state index in [0.717, 1.165) is 23.5 Å². The van der Waals surface area contributed by atoms with Gasteiger partial charge in [0, 0.05) is 17.1 Å². The number of nitrogens with zero attached hydrogens (tertiary/aromatic N) is 1. The zero-order valence-corrected chi connectivity index (χ0v) is 41.5. The van der Waals surface area contributed by atoms with Gasteiger partial charge in [-0.25, -0.2) is 0 Å². The Kier molecular flexibility index (Phi) is 10.8. The molecule has 0 N–H and O–H groups in total. The molecule has 0 unspecified atom stereocenters. The maximum absolute atomic E-state index is 2.80. The first kappa shape index (κ1) is 43.5. The number of anilines is 3. The van der Waals surface area contributed by atoms with Gasteiger partial charge in [0.2, 0.25) is 0 Å². The van der Waals surface area contributed by atoms with Crippen molar-refractivity contribution in [1.29, 1.82) is 0 Å². The molecule has 12 rings (SSSR count). The molecule has 10 aromatic rings. The third-order valence-electron chi connectivity index (χ3n) is 15.6. The second-order valence-electron chi connectivity index (χ2n) is 20.6. The van der Waals surface area contributed by atoms with Gasteiger partial charge in [0.05, 0.1) is 0 Å². The summed E-state index contributed by atoms with van der Waals surface area (Å²) in [6.07, 6.45) is 2.34. The lowest BCUT2D eigenvalue weighted by Gasteiger charge is -2.43. The summed E-state index contributed by atoms with van der Waals surface area (Å²) in [7, 11) is -2.80. The fourth-order valence-corrected chi connectivity index (χ4v) is 17.6. The van der Waals surface area contributed by atoms with Crippen molar-refractivity contribution in [3.8, 4) is 55.6 Å². The van der Waals surface area contributed by atoms with Crippen molar-refractivity contribution in [2.24, 2.45) is 0 Å². The number of benzene rings is 10. The minimum Gasteiger partial charge on any atom is -0.310 e. The molecule has 2 heteroatoms. The van der Waals surface area contributed by atoms with Gasteiger partial charge in [-0.2, -0.15) is 0 Å². The van der Waals surface area contributed by atoms with Crippen molar-refractivity contribution in [2.45, 2.75) is 51.4 Å². The number of rotatable bonds is 9. The van der Waals surface area contributed by atoms with Gasteiger partial charge in [0.15, 0.2) is 8.07 Å². The molecule has 0 bridgehead atoms. The van der Waals surface area contributed by atoms with Crippen molar-refractivity contribution in [2.75, 3.05) is 4.90 Å². The Labute approximate surface area is 415 Å². The molecule has 1 nitrogen and oxygen atoms in total. The Bertz CT molecular complexity index is 3510.